The van der Waals surface area contributed by atoms with Crippen molar-refractivity contribution in [2.45, 2.75) is 19.4 Å². The third-order valence-electron chi connectivity index (χ3n) is 6.02. The minimum Gasteiger partial charge on any atom is -0.465 e. The molecule has 1 atom stereocenters. The second-order valence-electron chi connectivity index (χ2n) is 8.36. The first-order chi connectivity index (χ1) is 16.4. The van der Waals surface area contributed by atoms with Crippen LogP contribution in [0.25, 0.3) is 16.9 Å². The number of fused-ring (bicyclic) bond motifs is 2. The maximum atomic E-state index is 12.7. The second kappa shape index (κ2) is 8.47. The number of carboxylic acid groups (broad SMARTS) is 1. The van der Waals surface area contributed by atoms with Crippen LogP contribution >= 0.6 is 0 Å². The summed E-state index contributed by atoms with van der Waals surface area (Å²) in [5.74, 6) is -0.814. The number of amides is 3. The number of rotatable bonds is 6. The highest BCUT2D eigenvalue weighted by Gasteiger charge is 2.36. The molecule has 0 aliphatic carbocycles. The summed E-state index contributed by atoms with van der Waals surface area (Å²) in [6.07, 6.45) is 3.03. The van der Waals surface area contributed by atoms with Crippen LogP contribution in [0, 0.1) is 6.92 Å². The molecule has 2 N–H and O–H groups in total. The Morgan fingerprint density at radius 1 is 1.00 bits per heavy atom. The van der Waals surface area contributed by atoms with E-state index in [0.29, 0.717) is 17.5 Å². The van der Waals surface area contributed by atoms with E-state index in [0.717, 1.165) is 32.9 Å². The van der Waals surface area contributed by atoms with Crippen LogP contribution in [0.15, 0.2) is 73.1 Å². The number of pyridine rings is 1. The summed E-state index contributed by atoms with van der Waals surface area (Å²) in [6, 6.07) is 17.6. The third-order valence-corrected chi connectivity index (χ3v) is 6.02. The first-order valence-electron chi connectivity index (χ1n) is 10.9. The van der Waals surface area contributed by atoms with Gasteiger partial charge in [0.25, 0.3) is 11.8 Å². The number of aryl methyl sites for hydroxylation is 1. The fourth-order valence-electron chi connectivity index (χ4n) is 4.35. The Labute approximate surface area is 195 Å². The Balaban J connectivity index is 1.34. The van der Waals surface area contributed by atoms with Crippen LogP contribution in [0.2, 0.25) is 0 Å². The largest absolute Gasteiger partial charge is 0.465 e. The normalized spacial score (nSPS) is 13.9. The molecule has 1 aliphatic heterocycles. The van der Waals surface area contributed by atoms with E-state index in [1.54, 1.807) is 24.3 Å². The fraction of sp³-hybridized carbons (Fsp3) is 0.154. The van der Waals surface area contributed by atoms with Crippen LogP contribution in [-0.2, 0) is 6.42 Å². The Morgan fingerprint density at radius 2 is 1.68 bits per heavy atom. The number of imidazole rings is 1. The molecule has 34 heavy (non-hydrogen) atoms. The van der Waals surface area contributed by atoms with Gasteiger partial charge in [0.05, 0.1) is 29.4 Å². The van der Waals surface area contributed by atoms with E-state index < -0.39 is 23.9 Å². The number of carbonyl (C=O) groups excluding carboxylic acids is 2. The summed E-state index contributed by atoms with van der Waals surface area (Å²) in [5, 5.41) is 11.8. The summed E-state index contributed by atoms with van der Waals surface area (Å²) in [4.78, 5) is 42.6. The summed E-state index contributed by atoms with van der Waals surface area (Å²) < 4.78 is 1.98. The van der Waals surface area contributed by atoms with Gasteiger partial charge in [0.15, 0.2) is 0 Å². The predicted octanol–water partition coefficient (Wildman–Crippen LogP) is 3.78. The number of nitrogens with zero attached hydrogens (tertiary/aromatic N) is 3. The minimum absolute atomic E-state index is 0.0495. The van der Waals surface area contributed by atoms with E-state index in [2.05, 4.69) is 5.32 Å². The molecule has 8 nitrogen and oxygen atoms in total. The molecule has 2 aromatic carbocycles. The Morgan fingerprint density at radius 3 is 2.29 bits per heavy atom. The van der Waals surface area contributed by atoms with Crippen LogP contribution in [0.1, 0.15) is 31.8 Å². The SMILES string of the molecule is Cc1cccn2cc(-c3ccc(C[C@@H](CN4C(=O)c5ccccc5C4=O)NC(=O)O)cc3)nc12. The summed E-state index contributed by atoms with van der Waals surface area (Å²) >= 11 is 0. The topological polar surface area (TPSA) is 104 Å². The molecule has 2 aromatic heterocycles. The van der Waals surface area contributed by atoms with Crippen LogP contribution in [0.5, 0.6) is 0 Å². The molecule has 170 valence electrons. The molecular weight excluding hydrogens is 432 g/mol. The molecule has 0 fully saturated rings. The lowest BCUT2D eigenvalue weighted by Gasteiger charge is -2.22. The minimum atomic E-state index is -1.21. The van der Waals surface area contributed by atoms with Crippen LogP contribution < -0.4 is 5.32 Å². The van der Waals surface area contributed by atoms with Gasteiger partial charge in [0, 0.05) is 18.0 Å². The summed E-state index contributed by atoms with van der Waals surface area (Å²) in [5.41, 5.74) is 5.32. The maximum Gasteiger partial charge on any atom is 0.404 e. The van der Waals surface area contributed by atoms with E-state index in [9.17, 15) is 19.5 Å². The Bertz CT molecular complexity index is 1390. The van der Waals surface area contributed by atoms with Gasteiger partial charge < -0.3 is 14.8 Å². The van der Waals surface area contributed by atoms with Crippen LogP contribution in [-0.4, -0.2) is 49.9 Å². The highest BCUT2D eigenvalue weighted by atomic mass is 16.4. The van der Waals surface area contributed by atoms with Gasteiger partial charge in [0.1, 0.15) is 5.65 Å². The molecule has 8 heteroatoms. The van der Waals surface area contributed by atoms with Crippen LogP contribution in [0.4, 0.5) is 4.79 Å². The average molecular weight is 454 g/mol. The van der Waals surface area contributed by atoms with E-state index >= 15 is 0 Å². The lowest BCUT2D eigenvalue weighted by atomic mass is 10.0. The van der Waals surface area contributed by atoms with Gasteiger partial charge in [-0.2, -0.15) is 0 Å². The zero-order chi connectivity index (χ0) is 23.8. The number of carbonyl (C=O) groups is 3. The second-order valence-corrected chi connectivity index (χ2v) is 8.36. The van der Waals surface area contributed by atoms with E-state index in [4.69, 9.17) is 4.98 Å². The molecule has 0 saturated carbocycles. The number of benzene rings is 2. The molecule has 3 heterocycles. The quantitative estimate of drug-likeness (QED) is 0.432. The zero-order valence-electron chi connectivity index (χ0n) is 18.4. The highest BCUT2D eigenvalue weighted by Crippen LogP contribution is 2.24. The molecule has 4 aromatic rings. The number of hydrogen-bond acceptors (Lipinski definition) is 4. The molecule has 1 aliphatic rings. The van der Waals surface area contributed by atoms with Crippen molar-refractivity contribution >= 4 is 23.6 Å². The van der Waals surface area contributed by atoms with Crippen molar-refractivity contribution in [2.75, 3.05) is 6.54 Å². The molecule has 0 radical (unpaired) electrons. The molecule has 5 rings (SSSR count). The molecule has 0 spiro atoms. The van der Waals surface area contributed by atoms with Gasteiger partial charge in [-0.3, -0.25) is 14.5 Å². The van der Waals surface area contributed by atoms with Gasteiger partial charge in [-0.25, -0.2) is 9.78 Å². The summed E-state index contributed by atoms with van der Waals surface area (Å²) in [6.45, 7) is 1.96. The predicted molar refractivity (Wildman–Crippen MR) is 126 cm³/mol. The fourth-order valence-corrected chi connectivity index (χ4v) is 4.35. The third kappa shape index (κ3) is 3.90. The van der Waals surface area contributed by atoms with Gasteiger partial charge in [-0.05, 0) is 42.7 Å². The van der Waals surface area contributed by atoms with Crippen molar-refractivity contribution in [3.63, 3.8) is 0 Å². The molecule has 0 saturated heterocycles. The molecule has 0 bridgehead atoms. The highest BCUT2D eigenvalue weighted by molar-refractivity contribution is 6.21. The van der Waals surface area contributed by atoms with Gasteiger partial charge in [-0.1, -0.05) is 42.5 Å². The Hall–Kier alpha value is -4.46. The lowest BCUT2D eigenvalue weighted by molar-refractivity contribution is 0.0636. The van der Waals surface area contributed by atoms with Crippen molar-refractivity contribution in [1.82, 2.24) is 19.6 Å². The van der Waals surface area contributed by atoms with Crippen molar-refractivity contribution in [2.24, 2.45) is 0 Å². The standard InChI is InChI=1S/C26H22N4O4/c1-16-5-4-12-29-15-22(28-23(16)29)18-10-8-17(9-11-18)13-19(27-26(33)34)14-30-24(31)20-6-2-3-7-21(20)25(30)32/h2-12,15,19,27H,13-14H2,1H3,(H,33,34)/t19-/m0/s1. The van der Waals surface area contributed by atoms with Crippen molar-refractivity contribution in [1.29, 1.82) is 0 Å². The van der Waals surface area contributed by atoms with E-state index in [-0.39, 0.29) is 6.54 Å². The smallest absolute Gasteiger partial charge is 0.404 e. The lowest BCUT2D eigenvalue weighted by Crippen LogP contribution is -2.46. The molecular formula is C26H22N4O4. The number of aromatic nitrogens is 2. The maximum absolute atomic E-state index is 12.7. The average Bonchev–Trinajstić information content (AvgIpc) is 3.36. The Kier molecular flexibility index (Phi) is 5.33. The number of imide groups is 1. The van der Waals surface area contributed by atoms with E-state index in [1.165, 1.54) is 0 Å². The number of nitrogens with one attached hydrogen (secondary N) is 1. The number of hydrogen-bond donors (Lipinski definition) is 2. The van der Waals surface area contributed by atoms with Gasteiger partial charge in [0.2, 0.25) is 0 Å². The van der Waals surface area contributed by atoms with Crippen LogP contribution in [0.3, 0.4) is 0 Å². The van der Waals surface area contributed by atoms with E-state index in [1.807, 2.05) is 60.1 Å². The molecule has 3 amide bonds. The monoisotopic (exact) mass is 454 g/mol. The zero-order valence-corrected chi connectivity index (χ0v) is 18.4. The van der Waals surface area contributed by atoms with Crippen molar-refractivity contribution in [3.05, 3.63) is 95.3 Å². The molecule has 0 unspecified atom stereocenters. The van der Waals surface area contributed by atoms with Gasteiger partial charge >= 0.3 is 6.09 Å². The van der Waals surface area contributed by atoms with Crippen molar-refractivity contribution in [3.8, 4) is 11.3 Å². The van der Waals surface area contributed by atoms with Gasteiger partial charge in [-0.15, -0.1) is 0 Å². The first-order valence-corrected chi connectivity index (χ1v) is 10.9. The first kappa shape index (κ1) is 21.4. The summed E-state index contributed by atoms with van der Waals surface area (Å²) in [7, 11) is 0. The van der Waals surface area contributed by atoms with Crippen molar-refractivity contribution < 1.29 is 19.5 Å².